The van der Waals surface area contributed by atoms with Gasteiger partial charge in [0.15, 0.2) is 0 Å². The van der Waals surface area contributed by atoms with E-state index < -0.39 is 0 Å². The SMILES string of the molecule is CCNC(Cc1csc(C)n1)c1cc(Br)cs1. The molecule has 1 atom stereocenters. The second kappa shape index (κ2) is 6.09. The van der Waals surface area contributed by atoms with Gasteiger partial charge in [-0.2, -0.15) is 0 Å². The molecule has 0 saturated carbocycles. The molecular formula is C12H15BrN2S2. The number of rotatable bonds is 5. The number of nitrogens with one attached hydrogen (secondary N) is 1. The highest BCUT2D eigenvalue weighted by Crippen LogP contribution is 2.28. The van der Waals surface area contributed by atoms with Gasteiger partial charge in [0, 0.05) is 32.6 Å². The fraction of sp³-hybridized carbons (Fsp3) is 0.417. The summed E-state index contributed by atoms with van der Waals surface area (Å²) in [5.74, 6) is 0. The first-order valence-electron chi connectivity index (χ1n) is 5.57. The zero-order valence-corrected chi connectivity index (χ0v) is 13.1. The highest BCUT2D eigenvalue weighted by Gasteiger charge is 2.14. The largest absolute Gasteiger partial charge is 0.309 e. The van der Waals surface area contributed by atoms with Gasteiger partial charge in [-0.25, -0.2) is 4.98 Å². The zero-order chi connectivity index (χ0) is 12.3. The first-order valence-corrected chi connectivity index (χ1v) is 8.12. The molecule has 0 saturated heterocycles. The summed E-state index contributed by atoms with van der Waals surface area (Å²) >= 11 is 7.02. The normalized spacial score (nSPS) is 12.9. The van der Waals surface area contributed by atoms with Crippen LogP contribution in [0.2, 0.25) is 0 Å². The maximum absolute atomic E-state index is 4.54. The smallest absolute Gasteiger partial charge is 0.0897 e. The van der Waals surface area contributed by atoms with Gasteiger partial charge in [-0.1, -0.05) is 6.92 Å². The Balaban J connectivity index is 2.12. The maximum atomic E-state index is 4.54. The molecule has 2 aromatic heterocycles. The standard InChI is InChI=1S/C12H15BrN2S2/c1-3-14-11(12-4-9(13)6-17-12)5-10-7-16-8(2)15-10/h4,6-7,11,14H,3,5H2,1-2H3. The molecule has 2 nitrogen and oxygen atoms in total. The third-order valence-corrected chi connectivity index (χ3v) is 5.09. The monoisotopic (exact) mass is 330 g/mol. The van der Waals surface area contributed by atoms with Crippen LogP contribution in [0.1, 0.15) is 28.5 Å². The number of aryl methyl sites for hydroxylation is 1. The van der Waals surface area contributed by atoms with Crippen molar-refractivity contribution in [2.24, 2.45) is 0 Å². The number of halogens is 1. The summed E-state index contributed by atoms with van der Waals surface area (Å²) in [6, 6.07) is 2.56. The molecule has 0 radical (unpaired) electrons. The van der Waals surface area contributed by atoms with Gasteiger partial charge < -0.3 is 5.32 Å². The highest BCUT2D eigenvalue weighted by atomic mass is 79.9. The van der Waals surface area contributed by atoms with E-state index in [9.17, 15) is 0 Å². The van der Waals surface area contributed by atoms with E-state index >= 15 is 0 Å². The molecule has 0 aliphatic heterocycles. The average Bonchev–Trinajstić information content (AvgIpc) is 2.87. The van der Waals surface area contributed by atoms with Crippen molar-refractivity contribution in [1.29, 1.82) is 0 Å². The minimum absolute atomic E-state index is 0.373. The summed E-state index contributed by atoms with van der Waals surface area (Å²) < 4.78 is 1.16. The summed E-state index contributed by atoms with van der Waals surface area (Å²) in [6.45, 7) is 5.17. The van der Waals surface area contributed by atoms with E-state index in [0.29, 0.717) is 6.04 Å². The minimum atomic E-state index is 0.373. The zero-order valence-electron chi connectivity index (χ0n) is 9.87. The van der Waals surface area contributed by atoms with Gasteiger partial charge in [-0.15, -0.1) is 22.7 Å². The molecule has 0 spiro atoms. The number of hydrogen-bond acceptors (Lipinski definition) is 4. The van der Waals surface area contributed by atoms with Crippen molar-refractivity contribution in [1.82, 2.24) is 10.3 Å². The predicted molar refractivity (Wildman–Crippen MR) is 79.0 cm³/mol. The highest BCUT2D eigenvalue weighted by molar-refractivity contribution is 9.10. The van der Waals surface area contributed by atoms with E-state index in [1.54, 1.807) is 22.7 Å². The molecule has 1 unspecified atom stereocenters. The van der Waals surface area contributed by atoms with Crippen molar-refractivity contribution in [3.63, 3.8) is 0 Å². The van der Waals surface area contributed by atoms with Crippen LogP contribution in [-0.2, 0) is 6.42 Å². The van der Waals surface area contributed by atoms with Crippen LogP contribution in [0.5, 0.6) is 0 Å². The molecule has 0 bridgehead atoms. The van der Waals surface area contributed by atoms with Crippen molar-refractivity contribution in [2.75, 3.05) is 6.54 Å². The van der Waals surface area contributed by atoms with E-state index in [-0.39, 0.29) is 0 Å². The van der Waals surface area contributed by atoms with E-state index in [1.165, 1.54) is 10.6 Å². The minimum Gasteiger partial charge on any atom is -0.309 e. The first kappa shape index (κ1) is 13.2. The number of aromatic nitrogens is 1. The number of nitrogens with zero attached hydrogens (tertiary/aromatic N) is 1. The molecule has 92 valence electrons. The van der Waals surface area contributed by atoms with Gasteiger partial charge >= 0.3 is 0 Å². The van der Waals surface area contributed by atoms with Crippen LogP contribution in [0.15, 0.2) is 21.3 Å². The predicted octanol–water partition coefficient (Wildman–Crippen LogP) is 4.17. The Morgan fingerprint density at radius 2 is 2.24 bits per heavy atom. The van der Waals surface area contributed by atoms with Gasteiger partial charge in [0.2, 0.25) is 0 Å². The van der Waals surface area contributed by atoms with Crippen LogP contribution in [-0.4, -0.2) is 11.5 Å². The van der Waals surface area contributed by atoms with Crippen molar-refractivity contribution in [2.45, 2.75) is 26.3 Å². The fourth-order valence-corrected chi connectivity index (χ4v) is 3.89. The Kier molecular flexibility index (Phi) is 4.73. The van der Waals surface area contributed by atoms with Gasteiger partial charge in [0.05, 0.1) is 10.7 Å². The number of hydrogen-bond donors (Lipinski definition) is 1. The molecular weight excluding hydrogens is 316 g/mol. The summed E-state index contributed by atoms with van der Waals surface area (Å²) in [4.78, 5) is 5.90. The van der Waals surface area contributed by atoms with Gasteiger partial charge in [0.1, 0.15) is 0 Å². The Labute approximate surface area is 118 Å². The molecule has 0 amide bonds. The van der Waals surface area contributed by atoms with E-state index in [0.717, 1.165) is 22.4 Å². The molecule has 2 rings (SSSR count). The Morgan fingerprint density at radius 3 is 2.76 bits per heavy atom. The Hall–Kier alpha value is -0.230. The van der Waals surface area contributed by atoms with Crippen molar-refractivity contribution < 1.29 is 0 Å². The van der Waals surface area contributed by atoms with E-state index in [2.05, 4.69) is 56.9 Å². The van der Waals surface area contributed by atoms with Gasteiger partial charge in [0.25, 0.3) is 0 Å². The van der Waals surface area contributed by atoms with Crippen LogP contribution < -0.4 is 5.32 Å². The van der Waals surface area contributed by atoms with E-state index in [4.69, 9.17) is 0 Å². The van der Waals surface area contributed by atoms with Crippen LogP contribution in [0.25, 0.3) is 0 Å². The second-order valence-electron chi connectivity index (χ2n) is 3.84. The molecule has 0 aliphatic carbocycles. The lowest BCUT2D eigenvalue weighted by molar-refractivity contribution is 0.553. The Morgan fingerprint density at radius 1 is 1.41 bits per heavy atom. The van der Waals surface area contributed by atoms with Crippen LogP contribution >= 0.6 is 38.6 Å². The van der Waals surface area contributed by atoms with Crippen molar-refractivity contribution >= 4 is 38.6 Å². The number of thiazole rings is 1. The first-order chi connectivity index (χ1) is 8.19. The number of likely N-dealkylation sites (N-methyl/N-ethyl adjacent to an activating group) is 1. The lowest BCUT2D eigenvalue weighted by Gasteiger charge is -2.14. The maximum Gasteiger partial charge on any atom is 0.0897 e. The molecule has 2 heterocycles. The third-order valence-electron chi connectivity index (χ3n) is 2.46. The Bertz CT molecular complexity index is 478. The molecule has 17 heavy (non-hydrogen) atoms. The van der Waals surface area contributed by atoms with Gasteiger partial charge in [-0.05, 0) is 35.5 Å². The number of thiophene rings is 1. The second-order valence-corrected chi connectivity index (χ2v) is 6.76. The molecule has 0 aliphatic rings. The molecule has 0 fully saturated rings. The van der Waals surface area contributed by atoms with Gasteiger partial charge in [-0.3, -0.25) is 0 Å². The van der Waals surface area contributed by atoms with E-state index in [1.807, 2.05) is 0 Å². The fourth-order valence-electron chi connectivity index (χ4n) is 1.74. The van der Waals surface area contributed by atoms with Crippen molar-refractivity contribution in [3.05, 3.63) is 36.9 Å². The topological polar surface area (TPSA) is 24.9 Å². The molecule has 5 heteroatoms. The summed E-state index contributed by atoms with van der Waals surface area (Å²) in [7, 11) is 0. The summed E-state index contributed by atoms with van der Waals surface area (Å²) in [5, 5.41) is 8.95. The lowest BCUT2D eigenvalue weighted by Crippen LogP contribution is -2.22. The quantitative estimate of drug-likeness (QED) is 0.889. The molecule has 1 N–H and O–H groups in total. The van der Waals surface area contributed by atoms with Crippen LogP contribution in [0.4, 0.5) is 0 Å². The van der Waals surface area contributed by atoms with Crippen LogP contribution in [0.3, 0.4) is 0 Å². The average molecular weight is 331 g/mol. The lowest BCUT2D eigenvalue weighted by atomic mass is 10.1. The summed E-state index contributed by atoms with van der Waals surface area (Å²) in [6.07, 6.45) is 0.963. The summed E-state index contributed by atoms with van der Waals surface area (Å²) in [5.41, 5.74) is 1.18. The molecule has 2 aromatic rings. The third kappa shape index (κ3) is 3.61. The van der Waals surface area contributed by atoms with Crippen LogP contribution in [0, 0.1) is 6.92 Å². The van der Waals surface area contributed by atoms with Crippen molar-refractivity contribution in [3.8, 4) is 0 Å². The molecule has 0 aromatic carbocycles.